The average Bonchev–Trinajstić information content (AvgIpc) is 3.60. The molecule has 11 rings (SSSR count). The highest BCUT2D eigenvalue weighted by Gasteiger charge is 2.37. The topological polar surface area (TPSA) is 0 Å². The van der Waals surface area contributed by atoms with Crippen LogP contribution in [0.2, 0.25) is 0 Å². The number of hydrogen-bond acceptors (Lipinski definition) is 0. The summed E-state index contributed by atoms with van der Waals surface area (Å²) < 4.78 is 0. The Bertz CT molecular complexity index is 3260. The molecule has 0 aromatic heterocycles. The summed E-state index contributed by atoms with van der Waals surface area (Å²) >= 11 is 0. The summed E-state index contributed by atoms with van der Waals surface area (Å²) in [4.78, 5) is 0. The van der Waals surface area contributed by atoms with Gasteiger partial charge in [-0.3, -0.25) is 0 Å². The van der Waals surface area contributed by atoms with Crippen LogP contribution in [-0.2, 0) is 28.1 Å². The van der Waals surface area contributed by atoms with Gasteiger partial charge in [-0.25, -0.2) is 0 Å². The number of allylic oxidation sites excluding steroid dienone is 6. The van der Waals surface area contributed by atoms with E-state index in [1.54, 1.807) is 0 Å². The maximum Gasteiger partial charge on any atom is 0.0131 e. The van der Waals surface area contributed by atoms with Crippen LogP contribution in [0.1, 0.15) is 145 Å². The monoisotopic (exact) mass is 859 g/mol. The summed E-state index contributed by atoms with van der Waals surface area (Å²) in [6.45, 7) is 28.4. The van der Waals surface area contributed by atoms with Crippen molar-refractivity contribution < 1.29 is 0 Å². The third kappa shape index (κ3) is 6.84. The summed E-state index contributed by atoms with van der Waals surface area (Å²) in [5.41, 5.74) is 24.6. The molecule has 0 N–H and O–H groups in total. The molecule has 7 aromatic rings. The van der Waals surface area contributed by atoms with Crippen LogP contribution < -0.4 is 0 Å². The van der Waals surface area contributed by atoms with Gasteiger partial charge in [0.2, 0.25) is 0 Å². The van der Waals surface area contributed by atoms with Gasteiger partial charge >= 0.3 is 0 Å². The van der Waals surface area contributed by atoms with E-state index in [2.05, 4.69) is 229 Å². The first-order valence-corrected chi connectivity index (χ1v) is 24.6. The molecule has 0 amide bonds. The molecular weight excluding hydrogens is 793 g/mol. The highest BCUT2D eigenvalue weighted by molar-refractivity contribution is 6.28. The summed E-state index contributed by atoms with van der Waals surface area (Å²) in [5, 5.41) is 5.37. The fourth-order valence-corrected chi connectivity index (χ4v) is 11.6. The third-order valence-corrected chi connectivity index (χ3v) is 15.4. The molecular formula is C66H66. The van der Waals surface area contributed by atoms with E-state index in [-0.39, 0.29) is 33.5 Å². The van der Waals surface area contributed by atoms with Gasteiger partial charge in [0, 0.05) is 11.8 Å². The maximum atomic E-state index is 2.64. The van der Waals surface area contributed by atoms with Gasteiger partial charge < -0.3 is 0 Å². The highest BCUT2D eigenvalue weighted by atomic mass is 14.4. The van der Waals surface area contributed by atoms with Crippen molar-refractivity contribution in [3.05, 3.63) is 184 Å². The summed E-state index contributed by atoms with van der Waals surface area (Å²) in [6, 6.07) is 41.5. The second-order valence-corrected chi connectivity index (χ2v) is 24.1. The zero-order valence-electron chi connectivity index (χ0n) is 41.4. The minimum Gasteiger partial charge on any atom is -0.0836 e. The number of hydrogen-bond donors (Lipinski definition) is 0. The molecule has 0 spiro atoms. The van der Waals surface area contributed by atoms with Gasteiger partial charge in [0.05, 0.1) is 0 Å². The van der Waals surface area contributed by atoms with Crippen LogP contribution in [0, 0.1) is 5.92 Å². The maximum absolute atomic E-state index is 2.64. The van der Waals surface area contributed by atoms with Crippen LogP contribution in [0.5, 0.6) is 0 Å². The van der Waals surface area contributed by atoms with Crippen molar-refractivity contribution in [2.45, 2.75) is 124 Å². The van der Waals surface area contributed by atoms with Crippen LogP contribution in [0.4, 0.5) is 0 Å². The van der Waals surface area contributed by atoms with Gasteiger partial charge in [0.15, 0.2) is 0 Å². The standard InChI is InChI=1S/C66H66/c1-63(2,3)44-31-42(32-45(35-44)64(4,5)6)58-50-24-17-18-25-51(50)59(43-33-46(65(7,8)9)36-47(34-43)66(10,11)12)62-57-38-55-49-23-16-15-22-48(49)54(41-29-28-39-20-13-14-21-40(39)30-41)37-56(55)52-26-19-27-53(60(52)57)61(58)62/h13,15-20,22-38,48-49H,14,21H2,1-12H3. The number of fused-ring (bicyclic) bond motifs is 9. The lowest BCUT2D eigenvalue weighted by molar-refractivity contribution is 0.568. The summed E-state index contributed by atoms with van der Waals surface area (Å²) in [5.74, 6) is 0.487. The van der Waals surface area contributed by atoms with Crippen molar-refractivity contribution in [2.75, 3.05) is 0 Å². The first-order valence-electron chi connectivity index (χ1n) is 24.6. The van der Waals surface area contributed by atoms with Gasteiger partial charge in [-0.05, 0) is 168 Å². The van der Waals surface area contributed by atoms with Crippen molar-refractivity contribution in [1.29, 1.82) is 0 Å². The van der Waals surface area contributed by atoms with Gasteiger partial charge in [-0.15, -0.1) is 0 Å². The third-order valence-electron chi connectivity index (χ3n) is 15.4. The Morgan fingerprint density at radius 3 is 1.55 bits per heavy atom. The zero-order valence-corrected chi connectivity index (χ0v) is 41.4. The van der Waals surface area contributed by atoms with Crippen LogP contribution in [-0.4, -0.2) is 0 Å². The van der Waals surface area contributed by atoms with Crippen LogP contribution in [0.15, 0.2) is 134 Å². The molecule has 0 fully saturated rings. The molecule has 0 heteroatoms. The minimum atomic E-state index is -0.0254. The van der Waals surface area contributed by atoms with E-state index < -0.39 is 0 Å². The fourth-order valence-electron chi connectivity index (χ4n) is 11.6. The van der Waals surface area contributed by atoms with Gasteiger partial charge in [0.25, 0.3) is 0 Å². The molecule has 0 radical (unpaired) electrons. The van der Waals surface area contributed by atoms with Crippen molar-refractivity contribution in [3.8, 4) is 44.5 Å². The number of benzene rings is 7. The van der Waals surface area contributed by atoms with Crippen LogP contribution in [0.3, 0.4) is 0 Å². The molecule has 2 unspecified atom stereocenters. The zero-order chi connectivity index (χ0) is 46.2. The second-order valence-electron chi connectivity index (χ2n) is 24.1. The van der Waals surface area contributed by atoms with Gasteiger partial charge in [0.1, 0.15) is 0 Å². The average molecular weight is 859 g/mol. The number of rotatable bonds is 3. The SMILES string of the molecule is CC(C)(C)c1cc(-c2c3c(c(-c4cc(C(C)(C)C)cc(C(C)(C)C)c4)c4ccccc24)-c2cc4c(c5cccc-3c25)C=C(c2ccc3c(c2)CCC=C3)C2C=CC=CC42)cc(C(C)(C)C)c1. The van der Waals surface area contributed by atoms with E-state index >= 15 is 0 Å². The smallest absolute Gasteiger partial charge is 0.0131 e. The predicted octanol–water partition coefficient (Wildman–Crippen LogP) is 18.5. The van der Waals surface area contributed by atoms with Crippen molar-refractivity contribution in [3.63, 3.8) is 0 Å². The van der Waals surface area contributed by atoms with Crippen molar-refractivity contribution in [2.24, 2.45) is 5.92 Å². The summed E-state index contributed by atoms with van der Waals surface area (Å²) in [7, 11) is 0. The Hall–Kier alpha value is -5.98. The van der Waals surface area contributed by atoms with Crippen LogP contribution in [0.25, 0.3) is 83.8 Å². The Morgan fingerprint density at radius 2 is 0.985 bits per heavy atom. The first kappa shape index (κ1) is 42.6. The van der Waals surface area contributed by atoms with E-state index in [4.69, 9.17) is 0 Å². The molecule has 66 heavy (non-hydrogen) atoms. The normalized spacial score (nSPS) is 17.5. The second kappa shape index (κ2) is 14.8. The fraction of sp³-hybridized carbons (Fsp3) is 0.303. The molecule has 0 aliphatic heterocycles. The molecule has 4 aliphatic rings. The highest BCUT2D eigenvalue weighted by Crippen LogP contribution is 2.61. The molecule has 0 nitrogen and oxygen atoms in total. The van der Waals surface area contributed by atoms with E-state index in [1.807, 2.05) is 0 Å². The largest absolute Gasteiger partial charge is 0.0836 e. The molecule has 2 atom stereocenters. The van der Waals surface area contributed by atoms with E-state index in [1.165, 1.54) is 122 Å². The molecule has 7 aromatic carbocycles. The van der Waals surface area contributed by atoms with Crippen LogP contribution >= 0.6 is 0 Å². The van der Waals surface area contributed by atoms with Gasteiger partial charge in [-0.2, -0.15) is 0 Å². The molecule has 4 aliphatic carbocycles. The summed E-state index contributed by atoms with van der Waals surface area (Å²) in [6.07, 6.45) is 18.9. The lowest BCUT2D eigenvalue weighted by Crippen LogP contribution is -2.18. The van der Waals surface area contributed by atoms with Gasteiger partial charge in [-0.1, -0.05) is 217 Å². The number of aryl methyl sites for hydroxylation is 1. The predicted molar refractivity (Wildman–Crippen MR) is 288 cm³/mol. The molecule has 0 saturated heterocycles. The van der Waals surface area contributed by atoms with E-state index in [0.29, 0.717) is 0 Å². The Labute approximate surface area is 394 Å². The van der Waals surface area contributed by atoms with Crippen molar-refractivity contribution >= 4 is 39.3 Å². The molecule has 330 valence electrons. The minimum absolute atomic E-state index is 0.0228. The molecule has 0 heterocycles. The lowest BCUT2D eigenvalue weighted by Gasteiger charge is -2.34. The first-order chi connectivity index (χ1) is 31.3. The molecule has 0 bridgehead atoms. The van der Waals surface area contributed by atoms with E-state index in [9.17, 15) is 0 Å². The Balaban J connectivity index is 1.29. The van der Waals surface area contributed by atoms with Crippen molar-refractivity contribution in [1.82, 2.24) is 0 Å². The molecule has 0 saturated carbocycles. The Kier molecular flexibility index (Phi) is 9.54. The van der Waals surface area contributed by atoms with E-state index in [0.717, 1.165) is 12.8 Å². The lowest BCUT2D eigenvalue weighted by atomic mass is 9.69. The Morgan fingerprint density at radius 1 is 0.455 bits per heavy atom. The quantitative estimate of drug-likeness (QED) is 0.166.